The van der Waals surface area contributed by atoms with Gasteiger partial charge >= 0.3 is 5.97 Å². The molecule has 104 valence electrons. The summed E-state index contributed by atoms with van der Waals surface area (Å²) >= 11 is 0. The van der Waals surface area contributed by atoms with E-state index in [9.17, 15) is 9.59 Å². The van der Waals surface area contributed by atoms with E-state index in [1.54, 1.807) is 18.4 Å². The smallest absolute Gasteiger partial charge is 0.340 e. The molecule has 1 heterocycles. The topological polar surface area (TPSA) is 48.3 Å². The molecule has 1 saturated carbocycles. The average Bonchev–Trinajstić information content (AvgIpc) is 3.12. The maximum absolute atomic E-state index is 12.0. The van der Waals surface area contributed by atoms with Crippen LogP contribution in [0.4, 0.5) is 0 Å². The summed E-state index contributed by atoms with van der Waals surface area (Å²) in [6.45, 7) is 6.44. The van der Waals surface area contributed by atoms with Crippen molar-refractivity contribution in [3.8, 4) is 0 Å². The fraction of sp³-hybridized carbons (Fsp3) is 0.600. The third-order valence-corrected chi connectivity index (χ3v) is 3.70. The molecule has 4 nitrogen and oxygen atoms in total. The van der Waals surface area contributed by atoms with E-state index >= 15 is 0 Å². The van der Waals surface area contributed by atoms with Crippen molar-refractivity contribution >= 4 is 5.97 Å². The number of ether oxygens (including phenoxy) is 1. The summed E-state index contributed by atoms with van der Waals surface area (Å²) < 4.78 is 6.77. The molecule has 0 bridgehead atoms. The summed E-state index contributed by atoms with van der Waals surface area (Å²) in [5.41, 5.74) is 1.94. The van der Waals surface area contributed by atoms with Crippen molar-refractivity contribution < 1.29 is 9.53 Å². The maximum Gasteiger partial charge on any atom is 0.340 e. The molecule has 0 unspecified atom stereocenters. The molecule has 0 radical (unpaired) electrons. The zero-order valence-corrected chi connectivity index (χ0v) is 11.9. The number of carbonyl (C=O) groups excluding carboxylic acids is 1. The number of pyridine rings is 1. The second kappa shape index (κ2) is 5.59. The van der Waals surface area contributed by atoms with E-state index in [1.165, 1.54) is 18.9 Å². The highest BCUT2D eigenvalue weighted by Gasteiger charge is 2.22. The molecule has 1 aliphatic carbocycles. The van der Waals surface area contributed by atoms with Crippen molar-refractivity contribution in [3.05, 3.63) is 33.2 Å². The summed E-state index contributed by atoms with van der Waals surface area (Å²) in [6, 6.07) is 1.53. The molecule has 0 aliphatic heterocycles. The maximum atomic E-state index is 12.0. The van der Waals surface area contributed by atoms with Gasteiger partial charge in [-0.15, -0.1) is 0 Å². The lowest BCUT2D eigenvalue weighted by Gasteiger charge is -2.15. The number of aromatic nitrogens is 1. The van der Waals surface area contributed by atoms with Gasteiger partial charge in [0.25, 0.3) is 5.56 Å². The largest absolute Gasteiger partial charge is 0.462 e. The lowest BCUT2D eigenvalue weighted by molar-refractivity contribution is 0.0523. The highest BCUT2D eigenvalue weighted by molar-refractivity contribution is 5.92. The van der Waals surface area contributed by atoms with Crippen LogP contribution in [0, 0.1) is 19.8 Å². The first-order chi connectivity index (χ1) is 9.04. The molecule has 1 aromatic rings. The number of nitrogens with zero attached hydrogens (tertiary/aromatic N) is 1. The Morgan fingerprint density at radius 2 is 2.11 bits per heavy atom. The van der Waals surface area contributed by atoms with Crippen LogP contribution in [0.5, 0.6) is 0 Å². The Kier molecular flexibility index (Phi) is 4.08. The van der Waals surface area contributed by atoms with Crippen molar-refractivity contribution in [2.75, 3.05) is 6.61 Å². The molecule has 0 atom stereocenters. The van der Waals surface area contributed by atoms with Gasteiger partial charge in [-0.1, -0.05) is 12.8 Å². The molecule has 4 heteroatoms. The Labute approximate surface area is 113 Å². The summed E-state index contributed by atoms with van der Waals surface area (Å²) in [5, 5.41) is 0. The monoisotopic (exact) mass is 263 g/mol. The fourth-order valence-corrected chi connectivity index (χ4v) is 2.43. The van der Waals surface area contributed by atoms with Crippen LogP contribution in [-0.4, -0.2) is 17.1 Å². The number of carbonyl (C=O) groups is 1. The van der Waals surface area contributed by atoms with Crippen LogP contribution in [0.2, 0.25) is 0 Å². The van der Waals surface area contributed by atoms with Crippen molar-refractivity contribution in [2.45, 2.75) is 46.6 Å². The summed E-state index contributed by atoms with van der Waals surface area (Å²) in [6.07, 6.45) is 3.56. The number of hydrogen-bond donors (Lipinski definition) is 0. The van der Waals surface area contributed by atoms with Crippen LogP contribution < -0.4 is 5.56 Å². The first kappa shape index (κ1) is 13.8. The van der Waals surface area contributed by atoms with Crippen LogP contribution in [0.1, 0.15) is 47.8 Å². The highest BCUT2D eigenvalue weighted by Crippen LogP contribution is 2.32. The van der Waals surface area contributed by atoms with E-state index in [2.05, 4.69) is 0 Å². The zero-order valence-electron chi connectivity index (χ0n) is 11.9. The van der Waals surface area contributed by atoms with Crippen molar-refractivity contribution in [2.24, 2.45) is 5.92 Å². The highest BCUT2D eigenvalue weighted by atomic mass is 16.5. The van der Waals surface area contributed by atoms with Gasteiger partial charge < -0.3 is 9.30 Å². The normalized spacial score (nSPS) is 14.5. The van der Waals surface area contributed by atoms with Gasteiger partial charge in [0.15, 0.2) is 0 Å². The Bertz CT molecular complexity index is 541. The molecule has 2 rings (SSSR count). The molecular weight excluding hydrogens is 242 g/mol. The third kappa shape index (κ3) is 3.06. The summed E-state index contributed by atoms with van der Waals surface area (Å²) in [4.78, 5) is 24.0. The fourth-order valence-electron chi connectivity index (χ4n) is 2.43. The Morgan fingerprint density at radius 1 is 1.42 bits per heavy atom. The molecule has 0 aromatic carbocycles. The lowest BCUT2D eigenvalue weighted by Crippen LogP contribution is -2.26. The van der Waals surface area contributed by atoms with Crippen LogP contribution in [0.3, 0.4) is 0 Å². The van der Waals surface area contributed by atoms with Gasteiger partial charge in [0.2, 0.25) is 0 Å². The Balaban J connectivity index is 2.33. The molecule has 1 aliphatic rings. The minimum Gasteiger partial charge on any atom is -0.462 e. The predicted molar refractivity (Wildman–Crippen MR) is 73.5 cm³/mol. The van der Waals surface area contributed by atoms with Gasteiger partial charge in [0, 0.05) is 18.3 Å². The second-order valence-corrected chi connectivity index (χ2v) is 5.23. The number of rotatable bonds is 5. The van der Waals surface area contributed by atoms with Gasteiger partial charge in [-0.3, -0.25) is 4.79 Å². The average molecular weight is 263 g/mol. The van der Waals surface area contributed by atoms with Crippen LogP contribution in [0.25, 0.3) is 0 Å². The molecule has 1 aromatic heterocycles. The van der Waals surface area contributed by atoms with Crippen molar-refractivity contribution in [1.82, 2.24) is 4.57 Å². The van der Waals surface area contributed by atoms with Crippen LogP contribution in [-0.2, 0) is 11.3 Å². The standard InChI is InChI=1S/C15H21NO3/c1-4-19-15(18)14-10(2)9-13(17)16(11(14)3)8-7-12-5-6-12/h9,12H,4-8H2,1-3H3. The second-order valence-electron chi connectivity index (χ2n) is 5.23. The van der Waals surface area contributed by atoms with E-state index in [0.29, 0.717) is 24.3 Å². The van der Waals surface area contributed by atoms with Crippen molar-refractivity contribution in [3.63, 3.8) is 0 Å². The molecule has 19 heavy (non-hydrogen) atoms. The molecular formula is C15H21NO3. The quantitative estimate of drug-likeness (QED) is 0.767. The Hall–Kier alpha value is -1.58. The van der Waals surface area contributed by atoms with Gasteiger partial charge in [-0.2, -0.15) is 0 Å². The van der Waals surface area contributed by atoms with E-state index in [-0.39, 0.29) is 11.5 Å². The van der Waals surface area contributed by atoms with Crippen LogP contribution >= 0.6 is 0 Å². The van der Waals surface area contributed by atoms with Gasteiger partial charge in [-0.05, 0) is 38.7 Å². The first-order valence-corrected chi connectivity index (χ1v) is 6.92. The van der Waals surface area contributed by atoms with E-state index in [4.69, 9.17) is 4.74 Å². The molecule has 0 spiro atoms. The van der Waals surface area contributed by atoms with E-state index in [0.717, 1.165) is 18.0 Å². The zero-order chi connectivity index (χ0) is 14.0. The van der Waals surface area contributed by atoms with Gasteiger partial charge in [0.1, 0.15) is 0 Å². The minimum atomic E-state index is -0.335. The molecule has 0 amide bonds. The van der Waals surface area contributed by atoms with E-state index < -0.39 is 0 Å². The number of esters is 1. The molecule has 0 saturated heterocycles. The summed E-state index contributed by atoms with van der Waals surface area (Å²) in [7, 11) is 0. The molecule has 1 fully saturated rings. The SMILES string of the molecule is CCOC(=O)c1c(C)cc(=O)n(CCC2CC2)c1C. The van der Waals surface area contributed by atoms with E-state index in [1.807, 2.05) is 6.92 Å². The van der Waals surface area contributed by atoms with Crippen LogP contribution in [0.15, 0.2) is 10.9 Å². The molecule has 0 N–H and O–H groups in total. The number of hydrogen-bond acceptors (Lipinski definition) is 3. The first-order valence-electron chi connectivity index (χ1n) is 6.92. The Morgan fingerprint density at radius 3 is 2.68 bits per heavy atom. The van der Waals surface area contributed by atoms with Gasteiger partial charge in [0.05, 0.1) is 12.2 Å². The summed E-state index contributed by atoms with van der Waals surface area (Å²) in [5.74, 6) is 0.427. The predicted octanol–water partition coefficient (Wildman–Crippen LogP) is 2.44. The number of aryl methyl sites for hydroxylation is 1. The van der Waals surface area contributed by atoms with Gasteiger partial charge in [-0.25, -0.2) is 4.79 Å². The third-order valence-electron chi connectivity index (χ3n) is 3.70. The lowest BCUT2D eigenvalue weighted by atomic mass is 10.1. The minimum absolute atomic E-state index is 0.0244. The van der Waals surface area contributed by atoms with Crippen molar-refractivity contribution in [1.29, 1.82) is 0 Å².